The minimum atomic E-state index is 0.760. The minimum Gasteiger partial charge on any atom is -0.312 e. The van der Waals surface area contributed by atoms with E-state index >= 15 is 0 Å². The monoisotopic (exact) mass is 244 g/mol. The van der Waals surface area contributed by atoms with Gasteiger partial charge in [-0.15, -0.1) is 0 Å². The van der Waals surface area contributed by atoms with Gasteiger partial charge in [0.05, 0.1) is 5.69 Å². The third-order valence-electron chi connectivity index (χ3n) is 3.06. The molecule has 86 valence electrons. The molecule has 1 N–H and O–H groups in total. The third-order valence-corrected chi connectivity index (χ3v) is 3.31. The Balaban J connectivity index is 2.01. The molecule has 1 aliphatic heterocycles. The number of fused-ring (bicyclic) bond motifs is 1. The van der Waals surface area contributed by atoms with Crippen LogP contribution in [0.5, 0.6) is 0 Å². The highest BCUT2D eigenvalue weighted by molar-refractivity contribution is 6.30. The van der Waals surface area contributed by atoms with Gasteiger partial charge in [0.1, 0.15) is 0 Å². The van der Waals surface area contributed by atoms with Gasteiger partial charge in [0, 0.05) is 35.8 Å². The zero-order chi connectivity index (χ0) is 11.7. The van der Waals surface area contributed by atoms with Crippen LogP contribution in [0.15, 0.2) is 36.4 Å². The van der Waals surface area contributed by atoms with Gasteiger partial charge in [0.15, 0.2) is 0 Å². The fourth-order valence-corrected chi connectivity index (χ4v) is 2.24. The zero-order valence-corrected chi connectivity index (χ0v) is 10.2. The Hall–Kier alpha value is -1.38. The van der Waals surface area contributed by atoms with E-state index in [0.29, 0.717) is 0 Å². The van der Waals surface area contributed by atoms with Crippen molar-refractivity contribution < 1.29 is 0 Å². The largest absolute Gasteiger partial charge is 0.312 e. The van der Waals surface area contributed by atoms with Crippen LogP contribution in [0, 0.1) is 0 Å². The Morgan fingerprint density at radius 1 is 1.06 bits per heavy atom. The van der Waals surface area contributed by atoms with Gasteiger partial charge in [-0.3, -0.25) is 4.98 Å². The van der Waals surface area contributed by atoms with Crippen molar-refractivity contribution in [2.45, 2.75) is 13.0 Å². The summed E-state index contributed by atoms with van der Waals surface area (Å²) in [5, 5.41) is 4.11. The van der Waals surface area contributed by atoms with Crippen LogP contribution in [0.25, 0.3) is 11.3 Å². The highest BCUT2D eigenvalue weighted by Crippen LogP contribution is 2.22. The lowest BCUT2D eigenvalue weighted by molar-refractivity contribution is 0.631. The highest BCUT2D eigenvalue weighted by Gasteiger charge is 2.10. The van der Waals surface area contributed by atoms with Crippen LogP contribution in [0.1, 0.15) is 11.3 Å². The number of nitrogens with zero attached hydrogens (tertiary/aromatic N) is 1. The van der Waals surface area contributed by atoms with E-state index in [1.165, 1.54) is 11.3 Å². The maximum absolute atomic E-state index is 5.89. The maximum Gasteiger partial charge on any atom is 0.0705 e. The van der Waals surface area contributed by atoms with Crippen LogP contribution < -0.4 is 5.32 Å². The zero-order valence-electron chi connectivity index (χ0n) is 9.41. The van der Waals surface area contributed by atoms with Crippen LogP contribution in [0.3, 0.4) is 0 Å². The predicted octanol–water partition coefficient (Wildman–Crippen LogP) is 3.05. The van der Waals surface area contributed by atoms with Crippen molar-refractivity contribution >= 4 is 11.6 Å². The lowest BCUT2D eigenvalue weighted by atomic mass is 10.0. The van der Waals surface area contributed by atoms with Gasteiger partial charge in [-0.2, -0.15) is 0 Å². The van der Waals surface area contributed by atoms with Crippen molar-refractivity contribution in [2.75, 3.05) is 6.54 Å². The summed E-state index contributed by atoms with van der Waals surface area (Å²) in [6.45, 7) is 1.95. The smallest absolute Gasteiger partial charge is 0.0705 e. The molecule has 0 saturated carbocycles. The molecule has 0 unspecified atom stereocenters. The van der Waals surface area contributed by atoms with E-state index in [2.05, 4.69) is 17.4 Å². The predicted molar refractivity (Wildman–Crippen MR) is 70.1 cm³/mol. The number of aromatic nitrogens is 1. The van der Waals surface area contributed by atoms with E-state index in [-0.39, 0.29) is 0 Å². The average Bonchev–Trinajstić information content (AvgIpc) is 2.39. The second-order valence-corrected chi connectivity index (χ2v) is 4.67. The van der Waals surface area contributed by atoms with Gasteiger partial charge in [0.2, 0.25) is 0 Å². The summed E-state index contributed by atoms with van der Waals surface area (Å²) in [7, 11) is 0. The quantitative estimate of drug-likeness (QED) is 0.834. The lowest BCUT2D eigenvalue weighted by Gasteiger charge is -2.16. The number of halogens is 1. The van der Waals surface area contributed by atoms with Gasteiger partial charge >= 0.3 is 0 Å². The van der Waals surface area contributed by atoms with E-state index in [4.69, 9.17) is 16.6 Å². The summed E-state index contributed by atoms with van der Waals surface area (Å²) < 4.78 is 0. The van der Waals surface area contributed by atoms with E-state index in [9.17, 15) is 0 Å². The molecule has 0 spiro atoms. The number of nitrogens with one attached hydrogen (secondary N) is 1. The van der Waals surface area contributed by atoms with E-state index in [0.717, 1.165) is 35.8 Å². The van der Waals surface area contributed by atoms with Gasteiger partial charge in [-0.25, -0.2) is 0 Å². The Bertz CT molecular complexity index is 534. The van der Waals surface area contributed by atoms with Crippen molar-refractivity contribution in [3.8, 4) is 11.3 Å². The first-order valence-corrected chi connectivity index (χ1v) is 6.16. The lowest BCUT2D eigenvalue weighted by Crippen LogP contribution is -2.24. The van der Waals surface area contributed by atoms with Crippen molar-refractivity contribution in [1.82, 2.24) is 10.3 Å². The third kappa shape index (κ3) is 2.19. The summed E-state index contributed by atoms with van der Waals surface area (Å²) in [6, 6.07) is 12.1. The Morgan fingerprint density at radius 2 is 1.88 bits per heavy atom. The Labute approximate surface area is 106 Å². The average molecular weight is 245 g/mol. The summed E-state index contributed by atoms with van der Waals surface area (Å²) in [5.74, 6) is 0. The van der Waals surface area contributed by atoms with Crippen molar-refractivity contribution in [3.05, 3.63) is 52.7 Å². The molecule has 3 rings (SSSR count). The van der Waals surface area contributed by atoms with E-state index in [1.54, 1.807) is 0 Å². The van der Waals surface area contributed by atoms with Crippen LogP contribution in [-0.2, 0) is 13.0 Å². The van der Waals surface area contributed by atoms with Crippen molar-refractivity contribution in [3.63, 3.8) is 0 Å². The molecular weight excluding hydrogens is 232 g/mol. The molecule has 0 fully saturated rings. The standard InChI is InChI=1S/C14H13ClN2/c15-12-4-1-10(2-5-12)13-6-3-11-9-16-8-7-14(11)17-13/h1-6,16H,7-9H2. The fourth-order valence-electron chi connectivity index (χ4n) is 2.12. The molecular formula is C14H13ClN2. The van der Waals surface area contributed by atoms with Gasteiger partial charge in [-0.1, -0.05) is 29.8 Å². The number of pyridine rings is 1. The topological polar surface area (TPSA) is 24.9 Å². The number of benzene rings is 1. The highest BCUT2D eigenvalue weighted by atomic mass is 35.5. The molecule has 0 atom stereocenters. The minimum absolute atomic E-state index is 0.760. The SMILES string of the molecule is Clc1ccc(-c2ccc3c(n2)CCNC3)cc1. The summed E-state index contributed by atoms with van der Waals surface area (Å²) in [6.07, 6.45) is 1.01. The first-order valence-electron chi connectivity index (χ1n) is 5.78. The molecule has 0 aliphatic carbocycles. The van der Waals surface area contributed by atoms with E-state index in [1.807, 2.05) is 24.3 Å². The summed E-state index contributed by atoms with van der Waals surface area (Å²) in [4.78, 5) is 4.73. The molecule has 0 amide bonds. The normalized spacial score (nSPS) is 14.4. The summed E-state index contributed by atoms with van der Waals surface area (Å²) >= 11 is 5.89. The maximum atomic E-state index is 5.89. The second kappa shape index (κ2) is 4.47. The second-order valence-electron chi connectivity index (χ2n) is 4.24. The molecule has 17 heavy (non-hydrogen) atoms. The number of hydrogen-bond acceptors (Lipinski definition) is 2. The summed E-state index contributed by atoms with van der Waals surface area (Å²) in [5.41, 5.74) is 4.68. The van der Waals surface area contributed by atoms with Gasteiger partial charge in [-0.05, 0) is 23.8 Å². The fraction of sp³-hybridized carbons (Fsp3) is 0.214. The van der Waals surface area contributed by atoms with Crippen LogP contribution >= 0.6 is 11.6 Å². The first-order chi connectivity index (χ1) is 8.33. The Morgan fingerprint density at radius 3 is 2.71 bits per heavy atom. The Kier molecular flexibility index (Phi) is 2.83. The molecule has 2 heterocycles. The molecule has 2 nitrogen and oxygen atoms in total. The number of hydrogen-bond donors (Lipinski definition) is 1. The number of rotatable bonds is 1. The molecule has 2 aromatic rings. The van der Waals surface area contributed by atoms with Crippen LogP contribution in [0.2, 0.25) is 5.02 Å². The van der Waals surface area contributed by atoms with Gasteiger partial charge in [0.25, 0.3) is 0 Å². The first kappa shape index (κ1) is 10.8. The molecule has 0 saturated heterocycles. The van der Waals surface area contributed by atoms with E-state index < -0.39 is 0 Å². The van der Waals surface area contributed by atoms with Crippen LogP contribution in [0.4, 0.5) is 0 Å². The molecule has 1 aliphatic rings. The van der Waals surface area contributed by atoms with Crippen molar-refractivity contribution in [1.29, 1.82) is 0 Å². The molecule has 1 aromatic heterocycles. The molecule has 1 aromatic carbocycles. The van der Waals surface area contributed by atoms with Gasteiger partial charge < -0.3 is 5.32 Å². The molecule has 0 bridgehead atoms. The molecule has 3 heteroatoms. The van der Waals surface area contributed by atoms with Crippen molar-refractivity contribution in [2.24, 2.45) is 0 Å². The van der Waals surface area contributed by atoms with Crippen LogP contribution in [-0.4, -0.2) is 11.5 Å². The molecule has 0 radical (unpaired) electrons.